The number of likely N-dealkylation sites (tertiary alicyclic amines) is 1. The summed E-state index contributed by atoms with van der Waals surface area (Å²) in [6.07, 6.45) is 3.28. The molecule has 1 fully saturated rings. The first-order valence-corrected chi connectivity index (χ1v) is 10.6. The van der Waals surface area contributed by atoms with Crippen molar-refractivity contribution in [3.05, 3.63) is 33.8 Å². The first kappa shape index (κ1) is 26.8. The summed E-state index contributed by atoms with van der Waals surface area (Å²) in [7, 11) is 3.54. The minimum atomic E-state index is -0.228. The molecular weight excluding hydrogens is 524 g/mol. The number of benzene rings is 1. The van der Waals surface area contributed by atoms with Crippen LogP contribution in [0.4, 0.5) is 0 Å². The lowest BCUT2D eigenvalue weighted by atomic mass is 9.84. The minimum absolute atomic E-state index is 0. The molecule has 29 heavy (non-hydrogen) atoms. The molecule has 1 heterocycles. The fourth-order valence-electron chi connectivity index (χ4n) is 3.55. The second-order valence-corrected chi connectivity index (χ2v) is 8.60. The molecule has 1 aliphatic rings. The Balaban J connectivity index is 0.00000420. The molecule has 1 aromatic carbocycles. The van der Waals surface area contributed by atoms with Crippen LogP contribution in [-0.2, 0) is 14.9 Å². The van der Waals surface area contributed by atoms with Gasteiger partial charge < -0.3 is 19.7 Å². The first-order valence-electron chi connectivity index (χ1n) is 9.89. The van der Waals surface area contributed by atoms with Crippen molar-refractivity contribution >= 4 is 53.1 Å². The van der Waals surface area contributed by atoms with Crippen LogP contribution in [0, 0.1) is 0 Å². The van der Waals surface area contributed by atoms with Gasteiger partial charge in [0.2, 0.25) is 0 Å². The van der Waals surface area contributed by atoms with Crippen molar-refractivity contribution in [1.82, 2.24) is 10.2 Å². The van der Waals surface area contributed by atoms with Crippen molar-refractivity contribution in [1.29, 1.82) is 0 Å². The van der Waals surface area contributed by atoms with Gasteiger partial charge in [0.25, 0.3) is 0 Å². The highest BCUT2D eigenvalue weighted by Crippen LogP contribution is 2.35. The molecule has 0 aromatic heterocycles. The molecule has 166 valence electrons. The van der Waals surface area contributed by atoms with Crippen molar-refractivity contribution in [3.8, 4) is 0 Å². The van der Waals surface area contributed by atoms with E-state index in [1.807, 2.05) is 25.2 Å². The van der Waals surface area contributed by atoms with E-state index in [1.54, 1.807) is 7.11 Å². The van der Waals surface area contributed by atoms with Gasteiger partial charge in [-0.1, -0.05) is 43.1 Å². The molecule has 0 atom stereocenters. The maximum absolute atomic E-state index is 6.41. The molecule has 0 amide bonds. The third kappa shape index (κ3) is 8.05. The SMILES string of the molecule is CN=C(NCC(C)(C)c1c(Cl)cccc1Cl)N1CCC(OCCCOC)CC1.I. The second-order valence-electron chi connectivity index (χ2n) is 7.78. The normalized spacial score (nSPS) is 15.9. The van der Waals surface area contributed by atoms with Gasteiger partial charge >= 0.3 is 0 Å². The van der Waals surface area contributed by atoms with E-state index in [9.17, 15) is 0 Å². The molecule has 0 aliphatic carbocycles. The summed E-state index contributed by atoms with van der Waals surface area (Å²) >= 11 is 12.8. The van der Waals surface area contributed by atoms with Gasteiger partial charge in [-0.2, -0.15) is 0 Å². The number of piperidine rings is 1. The number of rotatable bonds is 8. The fraction of sp³-hybridized carbons (Fsp3) is 0.667. The Morgan fingerprint density at radius 2 is 1.83 bits per heavy atom. The predicted octanol–water partition coefficient (Wildman–Crippen LogP) is 4.98. The van der Waals surface area contributed by atoms with E-state index >= 15 is 0 Å². The van der Waals surface area contributed by atoms with Crippen molar-refractivity contribution in [2.45, 2.75) is 44.6 Å². The van der Waals surface area contributed by atoms with Gasteiger partial charge in [-0.05, 0) is 37.0 Å². The Morgan fingerprint density at radius 3 is 2.38 bits per heavy atom. The van der Waals surface area contributed by atoms with E-state index < -0.39 is 0 Å². The first-order chi connectivity index (χ1) is 13.4. The molecular formula is C21H34Cl2IN3O2. The van der Waals surface area contributed by atoms with E-state index in [0.717, 1.165) is 57.1 Å². The lowest BCUT2D eigenvalue weighted by molar-refractivity contribution is 0.00987. The number of aliphatic imine (C=N–C) groups is 1. The highest BCUT2D eigenvalue weighted by molar-refractivity contribution is 14.0. The largest absolute Gasteiger partial charge is 0.385 e. The molecule has 0 saturated carbocycles. The summed E-state index contributed by atoms with van der Waals surface area (Å²) in [4.78, 5) is 6.76. The van der Waals surface area contributed by atoms with Crippen LogP contribution >= 0.6 is 47.2 Å². The summed E-state index contributed by atoms with van der Waals surface area (Å²) in [5.74, 6) is 0.911. The van der Waals surface area contributed by atoms with Gasteiger partial charge in [0.1, 0.15) is 0 Å². The average Bonchev–Trinajstić information content (AvgIpc) is 2.66. The van der Waals surface area contributed by atoms with Crippen LogP contribution in [0.15, 0.2) is 23.2 Å². The average molecular weight is 558 g/mol. The molecule has 0 bridgehead atoms. The predicted molar refractivity (Wildman–Crippen MR) is 133 cm³/mol. The van der Waals surface area contributed by atoms with Crippen LogP contribution < -0.4 is 5.32 Å². The Morgan fingerprint density at radius 1 is 1.21 bits per heavy atom. The number of nitrogens with one attached hydrogen (secondary N) is 1. The number of nitrogens with zero attached hydrogens (tertiary/aromatic N) is 2. The van der Waals surface area contributed by atoms with Gasteiger partial charge in [0.15, 0.2) is 5.96 Å². The number of halogens is 3. The van der Waals surface area contributed by atoms with Crippen LogP contribution in [-0.4, -0.2) is 64.0 Å². The molecule has 0 unspecified atom stereocenters. The van der Waals surface area contributed by atoms with Gasteiger partial charge in [-0.25, -0.2) is 0 Å². The standard InChI is InChI=1S/C21H33Cl2N3O2.HI/c1-21(2,19-17(22)7-5-8-18(19)23)15-25-20(24-3)26-11-9-16(10-12-26)28-14-6-13-27-4;/h5,7-8,16H,6,9-15H2,1-4H3,(H,24,25);1H. The molecule has 1 aliphatic heterocycles. The summed E-state index contributed by atoms with van der Waals surface area (Å²) in [5.41, 5.74) is 0.734. The molecule has 1 aromatic rings. The molecule has 1 saturated heterocycles. The van der Waals surface area contributed by atoms with Crippen LogP contribution in [0.3, 0.4) is 0 Å². The zero-order chi connectivity index (χ0) is 20.6. The topological polar surface area (TPSA) is 46.1 Å². The Labute approximate surface area is 202 Å². The molecule has 1 N–H and O–H groups in total. The lowest BCUT2D eigenvalue weighted by Crippen LogP contribution is -2.49. The highest BCUT2D eigenvalue weighted by atomic mass is 127. The zero-order valence-corrected chi connectivity index (χ0v) is 21.7. The quantitative estimate of drug-likeness (QED) is 0.212. The van der Waals surface area contributed by atoms with Gasteiger partial charge in [-0.3, -0.25) is 4.99 Å². The summed E-state index contributed by atoms with van der Waals surface area (Å²) in [5, 5.41) is 4.90. The van der Waals surface area contributed by atoms with E-state index in [2.05, 4.69) is 29.1 Å². The van der Waals surface area contributed by atoms with Crippen LogP contribution in [0.2, 0.25) is 10.0 Å². The van der Waals surface area contributed by atoms with Crippen molar-refractivity contribution in [2.24, 2.45) is 4.99 Å². The van der Waals surface area contributed by atoms with Gasteiger partial charge in [0, 0.05) is 62.5 Å². The lowest BCUT2D eigenvalue weighted by Gasteiger charge is -2.36. The maximum atomic E-state index is 6.41. The highest BCUT2D eigenvalue weighted by Gasteiger charge is 2.28. The number of ether oxygens (including phenoxy) is 2. The Bertz CT molecular complexity index is 631. The molecule has 0 spiro atoms. The maximum Gasteiger partial charge on any atom is 0.193 e. The van der Waals surface area contributed by atoms with Crippen LogP contribution in [0.5, 0.6) is 0 Å². The number of hydrogen-bond donors (Lipinski definition) is 1. The molecule has 0 radical (unpaired) electrons. The van der Waals surface area contributed by atoms with E-state index in [4.69, 9.17) is 32.7 Å². The second kappa shape index (κ2) is 13.2. The van der Waals surface area contributed by atoms with Crippen molar-refractivity contribution in [3.63, 3.8) is 0 Å². The third-order valence-electron chi connectivity index (χ3n) is 5.13. The smallest absolute Gasteiger partial charge is 0.193 e. The minimum Gasteiger partial charge on any atom is -0.385 e. The van der Waals surface area contributed by atoms with Crippen LogP contribution in [0.25, 0.3) is 0 Å². The van der Waals surface area contributed by atoms with Gasteiger partial charge in [0.05, 0.1) is 6.10 Å². The van der Waals surface area contributed by atoms with Crippen molar-refractivity contribution in [2.75, 3.05) is 47.0 Å². The van der Waals surface area contributed by atoms with Crippen LogP contribution in [0.1, 0.15) is 38.7 Å². The molecule has 5 nitrogen and oxygen atoms in total. The number of methoxy groups -OCH3 is 1. The molecule has 8 heteroatoms. The zero-order valence-electron chi connectivity index (χ0n) is 17.8. The Kier molecular flexibility index (Phi) is 12.2. The van der Waals surface area contributed by atoms with Gasteiger partial charge in [-0.15, -0.1) is 24.0 Å². The van der Waals surface area contributed by atoms with E-state index in [0.29, 0.717) is 22.7 Å². The Hall–Kier alpha value is -0.280. The fourth-order valence-corrected chi connectivity index (χ4v) is 4.46. The van der Waals surface area contributed by atoms with Crippen molar-refractivity contribution < 1.29 is 9.47 Å². The number of guanidine groups is 1. The molecule has 2 rings (SSSR count). The monoisotopic (exact) mass is 557 g/mol. The number of hydrogen-bond acceptors (Lipinski definition) is 3. The summed E-state index contributed by atoms with van der Waals surface area (Å²) in [6.45, 7) is 8.35. The van der Waals surface area contributed by atoms with E-state index in [1.165, 1.54) is 0 Å². The summed E-state index contributed by atoms with van der Waals surface area (Å²) in [6, 6.07) is 5.64. The third-order valence-corrected chi connectivity index (χ3v) is 5.76. The van der Waals surface area contributed by atoms with E-state index in [-0.39, 0.29) is 29.4 Å². The summed E-state index contributed by atoms with van der Waals surface area (Å²) < 4.78 is 11.0.